The smallest absolute Gasteiger partial charge is 0.197 e. The molecule has 0 bridgehead atoms. The Morgan fingerprint density at radius 2 is 2.00 bits per heavy atom. The largest absolute Gasteiger partial charge is 0.464 e. The summed E-state index contributed by atoms with van der Waals surface area (Å²) in [7, 11) is 0. The first-order valence-corrected chi connectivity index (χ1v) is 6.18. The van der Waals surface area contributed by atoms with Crippen LogP contribution in [0.3, 0.4) is 0 Å². The van der Waals surface area contributed by atoms with Gasteiger partial charge in [0.15, 0.2) is 6.29 Å². The van der Waals surface area contributed by atoms with Crippen molar-refractivity contribution >= 4 is 16.8 Å². The molecule has 0 spiro atoms. The molecule has 0 aromatic heterocycles. The summed E-state index contributed by atoms with van der Waals surface area (Å²) < 4.78 is 11.3. The first kappa shape index (κ1) is 12.7. The predicted octanol–water partition coefficient (Wildman–Crippen LogP) is 4.24. The molecule has 0 saturated heterocycles. The molecule has 0 radical (unpaired) electrons. The van der Waals surface area contributed by atoms with Crippen molar-refractivity contribution in [2.24, 2.45) is 0 Å². The number of benzene rings is 2. The van der Waals surface area contributed by atoms with Gasteiger partial charge in [-0.25, -0.2) is 0 Å². The molecule has 2 aromatic carbocycles. The maximum absolute atomic E-state index is 5.90. The van der Waals surface area contributed by atoms with Gasteiger partial charge in [0.2, 0.25) is 0 Å². The number of rotatable bonds is 5. The van der Waals surface area contributed by atoms with Gasteiger partial charge in [0, 0.05) is 17.6 Å². The van der Waals surface area contributed by atoms with E-state index in [4.69, 9.17) is 9.47 Å². The third kappa shape index (κ3) is 2.54. The molecule has 0 amide bonds. The Hall–Kier alpha value is -1.80. The fraction of sp³-hybridized carbons (Fsp3) is 0.250. The highest BCUT2D eigenvalue weighted by Crippen LogP contribution is 2.31. The summed E-state index contributed by atoms with van der Waals surface area (Å²) in [6.45, 7) is 8.32. The van der Waals surface area contributed by atoms with E-state index in [-0.39, 0.29) is 6.29 Å². The van der Waals surface area contributed by atoms with E-state index in [1.165, 1.54) is 0 Å². The normalized spacial score (nSPS) is 12.3. The Labute approximate surface area is 108 Å². The molecule has 1 unspecified atom stereocenters. The molecule has 2 nitrogen and oxygen atoms in total. The summed E-state index contributed by atoms with van der Waals surface area (Å²) in [6.07, 6.45) is 1.54. The van der Waals surface area contributed by atoms with Crippen molar-refractivity contribution in [2.75, 3.05) is 6.61 Å². The van der Waals surface area contributed by atoms with Crippen molar-refractivity contribution in [3.8, 4) is 5.75 Å². The van der Waals surface area contributed by atoms with Crippen LogP contribution in [0.15, 0.2) is 43.0 Å². The molecule has 2 aromatic rings. The van der Waals surface area contributed by atoms with Gasteiger partial charge in [-0.2, -0.15) is 0 Å². The third-order valence-electron chi connectivity index (χ3n) is 2.82. The molecule has 0 aliphatic heterocycles. The predicted molar refractivity (Wildman–Crippen MR) is 75.8 cm³/mol. The fourth-order valence-electron chi connectivity index (χ4n) is 1.99. The third-order valence-corrected chi connectivity index (χ3v) is 2.82. The summed E-state index contributed by atoms with van der Waals surface area (Å²) in [5.41, 5.74) is 0.986. The highest BCUT2D eigenvalue weighted by atomic mass is 16.7. The summed E-state index contributed by atoms with van der Waals surface area (Å²) in [5, 5.41) is 2.24. The quantitative estimate of drug-likeness (QED) is 0.730. The van der Waals surface area contributed by atoms with Gasteiger partial charge in [0.25, 0.3) is 0 Å². The maximum atomic E-state index is 5.90. The lowest BCUT2D eigenvalue weighted by atomic mass is 10.1. The number of hydrogen-bond acceptors (Lipinski definition) is 2. The van der Waals surface area contributed by atoms with Crippen LogP contribution in [0.25, 0.3) is 16.8 Å². The van der Waals surface area contributed by atoms with Crippen LogP contribution in [0.2, 0.25) is 0 Å². The second-order valence-corrected chi connectivity index (χ2v) is 4.05. The van der Waals surface area contributed by atoms with Gasteiger partial charge in [-0.1, -0.05) is 49.1 Å². The van der Waals surface area contributed by atoms with E-state index in [9.17, 15) is 0 Å². The maximum Gasteiger partial charge on any atom is 0.197 e. The van der Waals surface area contributed by atoms with Crippen molar-refractivity contribution in [1.29, 1.82) is 0 Å². The second kappa shape index (κ2) is 5.69. The van der Waals surface area contributed by atoms with Crippen LogP contribution in [-0.4, -0.2) is 12.9 Å². The molecule has 18 heavy (non-hydrogen) atoms. The van der Waals surface area contributed by atoms with Crippen molar-refractivity contribution in [1.82, 2.24) is 0 Å². The van der Waals surface area contributed by atoms with Crippen LogP contribution in [0.1, 0.15) is 19.4 Å². The Bertz CT molecular complexity index is 546. The Morgan fingerprint density at radius 3 is 2.72 bits per heavy atom. The Balaban J connectivity index is 2.47. The van der Waals surface area contributed by atoms with Crippen LogP contribution < -0.4 is 4.74 Å². The van der Waals surface area contributed by atoms with Crippen LogP contribution >= 0.6 is 0 Å². The first-order valence-electron chi connectivity index (χ1n) is 6.18. The second-order valence-electron chi connectivity index (χ2n) is 4.05. The fourth-order valence-corrected chi connectivity index (χ4v) is 1.99. The average molecular weight is 242 g/mol. The molecular formula is C16H18O2. The van der Waals surface area contributed by atoms with Gasteiger partial charge in [-0.15, -0.1) is 0 Å². The molecule has 0 N–H and O–H groups in total. The highest BCUT2D eigenvalue weighted by molar-refractivity contribution is 5.91. The minimum atomic E-state index is -0.264. The number of hydrogen-bond donors (Lipinski definition) is 0. The highest BCUT2D eigenvalue weighted by Gasteiger charge is 2.10. The number of fused-ring (bicyclic) bond motifs is 1. The molecule has 0 heterocycles. The standard InChI is InChI=1S/C16H18O2/c1-4-13-10-11-14-8-6-7-9-15(14)16(13)18-12(3)17-5-2/h4,6-12H,1,5H2,2-3H3. The van der Waals surface area contributed by atoms with Crippen LogP contribution in [-0.2, 0) is 4.74 Å². The summed E-state index contributed by atoms with van der Waals surface area (Å²) >= 11 is 0. The lowest BCUT2D eigenvalue weighted by molar-refractivity contribution is -0.0606. The van der Waals surface area contributed by atoms with Crippen LogP contribution in [0.5, 0.6) is 5.75 Å². The topological polar surface area (TPSA) is 18.5 Å². The number of ether oxygens (including phenoxy) is 2. The zero-order chi connectivity index (χ0) is 13.0. The molecule has 0 aliphatic rings. The van der Waals surface area contributed by atoms with Crippen molar-refractivity contribution in [3.05, 3.63) is 48.5 Å². The average Bonchev–Trinajstić information content (AvgIpc) is 2.39. The molecule has 2 heteroatoms. The van der Waals surface area contributed by atoms with Gasteiger partial charge in [0.05, 0.1) is 0 Å². The lowest BCUT2D eigenvalue weighted by Crippen LogP contribution is -2.16. The van der Waals surface area contributed by atoms with Crippen molar-refractivity contribution < 1.29 is 9.47 Å². The molecule has 0 saturated carbocycles. The Kier molecular flexibility index (Phi) is 4.00. The van der Waals surface area contributed by atoms with E-state index in [2.05, 4.69) is 24.8 Å². The van der Waals surface area contributed by atoms with Crippen LogP contribution in [0.4, 0.5) is 0 Å². The summed E-state index contributed by atoms with van der Waals surface area (Å²) in [5.74, 6) is 0.837. The molecule has 0 aliphatic carbocycles. The summed E-state index contributed by atoms with van der Waals surface area (Å²) in [4.78, 5) is 0. The Morgan fingerprint density at radius 1 is 1.22 bits per heavy atom. The molecule has 0 fully saturated rings. The molecule has 1 atom stereocenters. The minimum Gasteiger partial charge on any atom is -0.464 e. The lowest BCUT2D eigenvalue weighted by Gasteiger charge is -2.18. The van der Waals surface area contributed by atoms with E-state index in [1.807, 2.05) is 32.0 Å². The van der Waals surface area contributed by atoms with E-state index >= 15 is 0 Å². The van der Waals surface area contributed by atoms with E-state index in [0.717, 1.165) is 22.1 Å². The van der Waals surface area contributed by atoms with Crippen molar-refractivity contribution in [3.63, 3.8) is 0 Å². The van der Waals surface area contributed by atoms with E-state index in [1.54, 1.807) is 6.08 Å². The van der Waals surface area contributed by atoms with E-state index < -0.39 is 0 Å². The molecular weight excluding hydrogens is 224 g/mol. The van der Waals surface area contributed by atoms with Crippen LogP contribution in [0, 0.1) is 0 Å². The van der Waals surface area contributed by atoms with Gasteiger partial charge in [-0.05, 0) is 19.2 Å². The van der Waals surface area contributed by atoms with Gasteiger partial charge >= 0.3 is 0 Å². The SMILES string of the molecule is C=Cc1ccc2ccccc2c1OC(C)OCC. The zero-order valence-electron chi connectivity index (χ0n) is 10.8. The van der Waals surface area contributed by atoms with Gasteiger partial charge < -0.3 is 9.47 Å². The summed E-state index contributed by atoms with van der Waals surface area (Å²) in [6, 6.07) is 12.2. The minimum absolute atomic E-state index is 0.264. The molecule has 2 rings (SSSR count). The van der Waals surface area contributed by atoms with Crippen molar-refractivity contribution in [2.45, 2.75) is 20.1 Å². The van der Waals surface area contributed by atoms with E-state index in [0.29, 0.717) is 6.61 Å². The van der Waals surface area contributed by atoms with Gasteiger partial charge in [-0.3, -0.25) is 0 Å². The first-order chi connectivity index (χ1) is 8.76. The monoisotopic (exact) mass is 242 g/mol. The van der Waals surface area contributed by atoms with Gasteiger partial charge in [0.1, 0.15) is 5.75 Å². The molecule has 94 valence electrons. The zero-order valence-corrected chi connectivity index (χ0v) is 10.8.